The van der Waals surface area contributed by atoms with Gasteiger partial charge >= 0.3 is 0 Å². The van der Waals surface area contributed by atoms with Crippen LogP contribution in [0.4, 0.5) is 4.39 Å². The van der Waals surface area contributed by atoms with Crippen LogP contribution in [0.25, 0.3) is 0 Å². The molecule has 2 unspecified atom stereocenters. The van der Waals surface area contributed by atoms with E-state index in [4.69, 9.17) is 0 Å². The largest absolute Gasteiger partial charge is 0.212 e. The fourth-order valence-corrected chi connectivity index (χ4v) is 7.83. The molecule has 61 heavy (non-hydrogen) atoms. The minimum atomic E-state index is 0. The maximum absolute atomic E-state index is 12.7. The smallest absolute Gasteiger partial charge is 0.0991 e. The van der Waals surface area contributed by atoms with Crippen LogP contribution in [0.1, 0.15) is 240 Å². The molecule has 5 aliphatic rings. The first-order valence-corrected chi connectivity index (χ1v) is 24.0. The third-order valence-electron chi connectivity index (χ3n) is 13.3. The summed E-state index contributed by atoms with van der Waals surface area (Å²) in [5.41, 5.74) is 7.87. The molecule has 3 saturated carbocycles. The minimum Gasteiger partial charge on any atom is -0.212 e. The normalized spacial score (nSPS) is 26.2. The second-order valence-corrected chi connectivity index (χ2v) is 20.4. The monoisotopic (exact) mass is 855 g/mol. The molecular formula is C60H115F. The Labute approximate surface area is 389 Å². The predicted octanol–water partition coefficient (Wildman–Crippen LogP) is 21.9. The Balaban J connectivity index is -0.000000148. The topological polar surface area (TPSA) is 0 Å². The van der Waals surface area contributed by atoms with Crippen LogP contribution in [-0.2, 0) is 0 Å². The second kappa shape index (κ2) is 38.3. The van der Waals surface area contributed by atoms with Crippen LogP contribution in [0.5, 0.6) is 0 Å². The third-order valence-corrected chi connectivity index (χ3v) is 13.3. The van der Waals surface area contributed by atoms with Gasteiger partial charge in [0.25, 0.3) is 0 Å². The molecule has 362 valence electrons. The lowest BCUT2D eigenvalue weighted by Crippen LogP contribution is -2.08. The molecule has 0 amide bonds. The summed E-state index contributed by atoms with van der Waals surface area (Å²) < 4.78 is 12.7. The molecule has 0 heterocycles. The minimum absolute atomic E-state index is 0. The first kappa shape index (κ1) is 65.5. The quantitative estimate of drug-likeness (QED) is 0.232. The van der Waals surface area contributed by atoms with Crippen LogP contribution < -0.4 is 0 Å². The molecule has 2 atom stereocenters. The summed E-state index contributed by atoms with van der Waals surface area (Å²) in [5.74, 6) is 7.76. The van der Waals surface area contributed by atoms with Gasteiger partial charge in [-0.25, -0.2) is 4.39 Å². The summed E-state index contributed by atoms with van der Waals surface area (Å²) in [7, 11) is 0. The number of benzene rings is 2. The fraction of sp³-hybridized carbons (Fsp3) is 0.733. The molecule has 0 radical (unpaired) electrons. The summed E-state index contributed by atoms with van der Waals surface area (Å²) in [6, 6.07) is 17.0. The van der Waals surface area contributed by atoms with E-state index in [0.717, 1.165) is 53.4 Å². The van der Waals surface area contributed by atoms with E-state index >= 15 is 0 Å². The zero-order chi connectivity index (χ0) is 42.8. The fourth-order valence-electron chi connectivity index (χ4n) is 7.83. The van der Waals surface area contributed by atoms with Crippen molar-refractivity contribution in [3.63, 3.8) is 0 Å². The van der Waals surface area contributed by atoms with E-state index in [-0.39, 0.29) is 38.4 Å². The van der Waals surface area contributed by atoms with Gasteiger partial charge in [0.15, 0.2) is 0 Å². The molecule has 0 aromatic heterocycles. The van der Waals surface area contributed by atoms with Crippen LogP contribution >= 0.6 is 0 Å². The third kappa shape index (κ3) is 35.9. The molecule has 0 nitrogen and oxygen atoms in total. The average molecular weight is 856 g/mol. The van der Waals surface area contributed by atoms with Gasteiger partial charge in [-0.05, 0) is 127 Å². The van der Waals surface area contributed by atoms with Gasteiger partial charge in [0.1, 0.15) is 0 Å². The van der Waals surface area contributed by atoms with Crippen LogP contribution in [0.15, 0.2) is 71.6 Å². The molecule has 5 aliphatic carbocycles. The summed E-state index contributed by atoms with van der Waals surface area (Å²) in [6.07, 6.45) is 26.9. The van der Waals surface area contributed by atoms with Crippen molar-refractivity contribution >= 4 is 0 Å². The van der Waals surface area contributed by atoms with Crippen molar-refractivity contribution in [2.45, 2.75) is 242 Å². The molecule has 1 heteroatoms. The molecule has 2 aromatic carbocycles. The van der Waals surface area contributed by atoms with E-state index in [0.29, 0.717) is 12.3 Å². The van der Waals surface area contributed by atoms with Gasteiger partial charge in [-0.15, -0.1) is 0 Å². The number of halogens is 1. The molecule has 3 fully saturated rings. The number of aryl methyl sites for hydroxylation is 4. The standard InChI is InChI=1S/C8H13F.3C8H16.C8H14.2C8H10.4CH4.2H2/c1-6-3-4-7(2)8(9)5-6;6*1-7-3-5-8(2)6-4-7;;;;;;/h6H,3-5H2,1-2H3;3*7-8H,3-6H2,1-2H3;3,8H,4-6H2,1-2H3;2*3-6H,1-2H3;4*1H4;2*1H. The Morgan fingerprint density at radius 1 is 0.361 bits per heavy atom. The predicted molar refractivity (Wildman–Crippen MR) is 287 cm³/mol. The molecule has 0 spiro atoms. The second-order valence-electron chi connectivity index (χ2n) is 20.4. The molecule has 0 saturated heterocycles. The molecular weight excluding hydrogens is 740 g/mol. The average Bonchev–Trinajstić information content (AvgIpc) is 3.19. The number of allylic oxidation sites excluding steroid dienone is 4. The van der Waals surface area contributed by atoms with Crippen LogP contribution in [0.3, 0.4) is 0 Å². The molecule has 0 bridgehead atoms. The maximum atomic E-state index is 12.7. The van der Waals surface area contributed by atoms with Crippen molar-refractivity contribution in [3.05, 3.63) is 93.8 Å². The lowest BCUT2D eigenvalue weighted by Gasteiger charge is -2.22. The molecule has 7 rings (SSSR count). The Bertz CT molecular complexity index is 1150. The Kier molecular flexibility index (Phi) is 41.1. The van der Waals surface area contributed by atoms with E-state index in [1.165, 1.54) is 125 Å². The van der Waals surface area contributed by atoms with E-state index < -0.39 is 0 Å². The highest BCUT2D eigenvalue weighted by molar-refractivity contribution is 5.20. The SMILES string of the molecule is C.C.C.C.CC1=C(F)CC(C)CC1.CC1=CCC(C)CC1.CC1CCC(C)CC1.CC1CCC(C)CC1.CC1CCC(C)CC1.Cc1ccc(C)cc1.Cc1ccc(C)cc1.[HH].[HH]. The summed E-state index contributed by atoms with van der Waals surface area (Å²) in [4.78, 5) is 0. The highest BCUT2D eigenvalue weighted by Crippen LogP contribution is 2.30. The number of hydrogen-bond donors (Lipinski definition) is 0. The number of rotatable bonds is 0. The Morgan fingerprint density at radius 2 is 0.607 bits per heavy atom. The van der Waals surface area contributed by atoms with Gasteiger partial charge in [-0.1, -0.05) is 245 Å². The zero-order valence-corrected chi connectivity index (χ0v) is 40.4. The lowest BCUT2D eigenvalue weighted by molar-refractivity contribution is 0.308. The van der Waals surface area contributed by atoms with E-state index in [1.54, 1.807) is 5.57 Å². The molecule has 0 N–H and O–H groups in total. The van der Waals surface area contributed by atoms with Gasteiger partial charge in [-0.3, -0.25) is 0 Å². The molecule has 2 aromatic rings. The first-order chi connectivity index (χ1) is 26.9. The van der Waals surface area contributed by atoms with Crippen LogP contribution in [-0.4, -0.2) is 0 Å². The number of hydrogen-bond acceptors (Lipinski definition) is 0. The highest BCUT2D eigenvalue weighted by atomic mass is 19.1. The van der Waals surface area contributed by atoms with E-state index in [2.05, 4.69) is 145 Å². The van der Waals surface area contributed by atoms with Crippen molar-refractivity contribution in [1.29, 1.82) is 0 Å². The van der Waals surface area contributed by atoms with Gasteiger partial charge in [0.05, 0.1) is 5.83 Å². The van der Waals surface area contributed by atoms with E-state index in [1.807, 2.05) is 6.92 Å². The van der Waals surface area contributed by atoms with Gasteiger partial charge < -0.3 is 0 Å². The highest BCUT2D eigenvalue weighted by Gasteiger charge is 2.16. The van der Waals surface area contributed by atoms with Gasteiger partial charge in [-0.2, -0.15) is 0 Å². The van der Waals surface area contributed by atoms with Crippen molar-refractivity contribution in [3.8, 4) is 0 Å². The zero-order valence-electron chi connectivity index (χ0n) is 40.4. The first-order valence-electron chi connectivity index (χ1n) is 24.0. The van der Waals surface area contributed by atoms with Crippen molar-refractivity contribution in [2.75, 3.05) is 0 Å². The summed E-state index contributed by atoms with van der Waals surface area (Å²) in [6.45, 7) is 31.1. The maximum Gasteiger partial charge on any atom is 0.0991 e. The molecule has 0 aliphatic heterocycles. The van der Waals surface area contributed by atoms with Crippen molar-refractivity contribution in [1.82, 2.24) is 0 Å². The van der Waals surface area contributed by atoms with Crippen molar-refractivity contribution < 1.29 is 7.24 Å². The van der Waals surface area contributed by atoms with E-state index in [9.17, 15) is 4.39 Å². The summed E-state index contributed by atoms with van der Waals surface area (Å²) >= 11 is 0. The lowest BCUT2D eigenvalue weighted by atomic mass is 9.84. The van der Waals surface area contributed by atoms with Crippen molar-refractivity contribution in [2.24, 2.45) is 47.3 Å². The van der Waals surface area contributed by atoms with Gasteiger partial charge in [0.2, 0.25) is 0 Å². The van der Waals surface area contributed by atoms with Gasteiger partial charge in [0, 0.05) is 9.27 Å². The summed E-state index contributed by atoms with van der Waals surface area (Å²) in [5, 5.41) is 0. The van der Waals surface area contributed by atoms with Crippen LogP contribution in [0.2, 0.25) is 0 Å². The Hall–Kier alpha value is -2.15. The van der Waals surface area contributed by atoms with Crippen LogP contribution in [0, 0.1) is 75.0 Å². The Morgan fingerprint density at radius 3 is 0.787 bits per heavy atom.